The van der Waals surface area contributed by atoms with Crippen LogP contribution >= 0.6 is 0 Å². The predicted molar refractivity (Wildman–Crippen MR) is 84.5 cm³/mol. The van der Waals surface area contributed by atoms with Crippen molar-refractivity contribution >= 4 is 0 Å². The summed E-state index contributed by atoms with van der Waals surface area (Å²) in [5.41, 5.74) is 6.45. The maximum atomic E-state index is 5.95. The molecule has 3 heteroatoms. The molecule has 2 N–H and O–H groups in total. The van der Waals surface area contributed by atoms with Gasteiger partial charge in [-0.25, -0.2) is 0 Å². The monoisotopic (exact) mass is 269 g/mol. The molecule has 0 aliphatic heterocycles. The van der Waals surface area contributed by atoms with E-state index in [1.807, 2.05) is 0 Å². The van der Waals surface area contributed by atoms with Gasteiger partial charge in [-0.05, 0) is 76.9 Å². The van der Waals surface area contributed by atoms with Crippen molar-refractivity contribution in [1.82, 2.24) is 9.80 Å². The van der Waals surface area contributed by atoms with Crippen LogP contribution in [0.3, 0.4) is 0 Å². The van der Waals surface area contributed by atoms with Gasteiger partial charge in [0.15, 0.2) is 0 Å². The summed E-state index contributed by atoms with van der Waals surface area (Å²) in [6.45, 7) is 14.9. The Hall–Kier alpha value is -0.120. The van der Waals surface area contributed by atoms with Crippen molar-refractivity contribution in [2.24, 2.45) is 11.1 Å². The minimum Gasteiger partial charge on any atom is -0.330 e. The molecule has 0 radical (unpaired) electrons. The normalized spacial score (nSPS) is 18.0. The average molecular weight is 269 g/mol. The summed E-state index contributed by atoms with van der Waals surface area (Å²) >= 11 is 0. The SMILES string of the molecule is CCN(CC)CCCN(CC)CCC1(CN)CCC1. The van der Waals surface area contributed by atoms with E-state index in [4.69, 9.17) is 5.73 Å². The third kappa shape index (κ3) is 5.41. The molecule has 1 aliphatic carbocycles. The highest BCUT2D eigenvalue weighted by atomic mass is 15.1. The summed E-state index contributed by atoms with van der Waals surface area (Å²) in [6, 6.07) is 0. The molecule has 114 valence electrons. The fraction of sp³-hybridized carbons (Fsp3) is 1.00. The van der Waals surface area contributed by atoms with E-state index >= 15 is 0 Å². The van der Waals surface area contributed by atoms with Crippen LogP contribution in [0.1, 0.15) is 52.9 Å². The second-order valence-electron chi connectivity index (χ2n) is 6.12. The van der Waals surface area contributed by atoms with Gasteiger partial charge in [-0.1, -0.05) is 27.2 Å². The molecule has 0 aromatic carbocycles. The van der Waals surface area contributed by atoms with Crippen LogP contribution < -0.4 is 5.73 Å². The number of rotatable bonds is 11. The highest BCUT2D eigenvalue weighted by Crippen LogP contribution is 2.42. The minimum atomic E-state index is 0.506. The van der Waals surface area contributed by atoms with Crippen LogP contribution in [0.25, 0.3) is 0 Å². The topological polar surface area (TPSA) is 32.5 Å². The number of hydrogen-bond acceptors (Lipinski definition) is 3. The Kier molecular flexibility index (Phi) is 7.96. The van der Waals surface area contributed by atoms with E-state index < -0.39 is 0 Å². The first-order chi connectivity index (χ1) is 9.19. The minimum absolute atomic E-state index is 0.506. The molecule has 0 atom stereocenters. The maximum absolute atomic E-state index is 5.95. The summed E-state index contributed by atoms with van der Waals surface area (Å²) < 4.78 is 0. The van der Waals surface area contributed by atoms with Gasteiger partial charge >= 0.3 is 0 Å². The fourth-order valence-corrected chi connectivity index (χ4v) is 3.11. The number of nitrogens with zero attached hydrogens (tertiary/aromatic N) is 2. The van der Waals surface area contributed by atoms with Crippen LogP contribution in [0.5, 0.6) is 0 Å². The second kappa shape index (κ2) is 8.93. The average Bonchev–Trinajstić information content (AvgIpc) is 2.40. The van der Waals surface area contributed by atoms with Gasteiger partial charge in [-0.3, -0.25) is 0 Å². The molecule has 0 heterocycles. The van der Waals surface area contributed by atoms with Crippen LogP contribution in [-0.4, -0.2) is 55.6 Å². The third-order valence-corrected chi connectivity index (χ3v) is 5.10. The van der Waals surface area contributed by atoms with Crippen LogP contribution in [0.2, 0.25) is 0 Å². The Morgan fingerprint density at radius 2 is 1.47 bits per heavy atom. The molecule has 19 heavy (non-hydrogen) atoms. The van der Waals surface area contributed by atoms with Crippen molar-refractivity contribution in [3.8, 4) is 0 Å². The smallest absolute Gasteiger partial charge is 0.000666 e. The molecule has 0 spiro atoms. The Labute approximate surface area is 120 Å². The molecule has 0 bridgehead atoms. The van der Waals surface area contributed by atoms with Gasteiger partial charge < -0.3 is 15.5 Å². The standard InChI is InChI=1S/C16H35N3/c1-4-18(5-2)12-8-13-19(6-3)14-11-16(15-17)9-7-10-16/h4-15,17H2,1-3H3. The molecule has 1 rings (SSSR count). The fourth-order valence-electron chi connectivity index (χ4n) is 3.11. The molecule has 3 nitrogen and oxygen atoms in total. The van der Waals surface area contributed by atoms with Crippen LogP contribution in [-0.2, 0) is 0 Å². The van der Waals surface area contributed by atoms with E-state index in [9.17, 15) is 0 Å². The predicted octanol–water partition coefficient (Wildman–Crippen LogP) is 2.56. The van der Waals surface area contributed by atoms with E-state index in [-0.39, 0.29) is 0 Å². The van der Waals surface area contributed by atoms with E-state index in [2.05, 4.69) is 30.6 Å². The Bertz CT molecular complexity index is 217. The van der Waals surface area contributed by atoms with Gasteiger partial charge in [-0.15, -0.1) is 0 Å². The Morgan fingerprint density at radius 3 is 1.89 bits per heavy atom. The molecule has 0 aromatic rings. The van der Waals surface area contributed by atoms with E-state index in [0.717, 1.165) is 6.54 Å². The van der Waals surface area contributed by atoms with E-state index in [0.29, 0.717) is 5.41 Å². The lowest BCUT2D eigenvalue weighted by molar-refractivity contribution is 0.106. The summed E-state index contributed by atoms with van der Waals surface area (Å²) in [7, 11) is 0. The first kappa shape index (κ1) is 16.9. The van der Waals surface area contributed by atoms with Gasteiger partial charge in [0.25, 0.3) is 0 Å². The van der Waals surface area contributed by atoms with Gasteiger partial charge in [-0.2, -0.15) is 0 Å². The lowest BCUT2D eigenvalue weighted by atomic mass is 9.66. The van der Waals surface area contributed by atoms with Gasteiger partial charge in [0.2, 0.25) is 0 Å². The highest BCUT2D eigenvalue weighted by molar-refractivity contribution is 4.89. The summed E-state index contributed by atoms with van der Waals surface area (Å²) in [4.78, 5) is 5.13. The molecule has 1 saturated carbocycles. The van der Waals surface area contributed by atoms with Crippen molar-refractivity contribution in [3.05, 3.63) is 0 Å². The van der Waals surface area contributed by atoms with Crippen LogP contribution in [0.15, 0.2) is 0 Å². The zero-order chi connectivity index (χ0) is 14.1. The lowest BCUT2D eigenvalue weighted by Gasteiger charge is -2.42. The van der Waals surface area contributed by atoms with E-state index in [1.54, 1.807) is 0 Å². The van der Waals surface area contributed by atoms with Gasteiger partial charge in [0.05, 0.1) is 0 Å². The number of hydrogen-bond donors (Lipinski definition) is 1. The Balaban J connectivity index is 2.18. The second-order valence-corrected chi connectivity index (χ2v) is 6.12. The molecule has 0 unspecified atom stereocenters. The third-order valence-electron chi connectivity index (χ3n) is 5.10. The lowest BCUT2D eigenvalue weighted by Crippen LogP contribution is -2.41. The summed E-state index contributed by atoms with van der Waals surface area (Å²) in [6.07, 6.45) is 6.72. The number of nitrogens with two attached hydrogens (primary N) is 1. The van der Waals surface area contributed by atoms with Crippen LogP contribution in [0, 0.1) is 5.41 Å². The molecule has 1 fully saturated rings. The van der Waals surface area contributed by atoms with Crippen molar-refractivity contribution in [2.75, 3.05) is 45.8 Å². The maximum Gasteiger partial charge on any atom is -0.000666 e. The van der Waals surface area contributed by atoms with Crippen molar-refractivity contribution in [1.29, 1.82) is 0 Å². The van der Waals surface area contributed by atoms with Crippen molar-refractivity contribution in [3.63, 3.8) is 0 Å². The first-order valence-electron chi connectivity index (χ1n) is 8.34. The first-order valence-corrected chi connectivity index (χ1v) is 8.34. The van der Waals surface area contributed by atoms with Crippen molar-refractivity contribution < 1.29 is 0 Å². The van der Waals surface area contributed by atoms with Crippen molar-refractivity contribution in [2.45, 2.75) is 52.9 Å². The summed E-state index contributed by atoms with van der Waals surface area (Å²) in [5.74, 6) is 0. The van der Waals surface area contributed by atoms with Crippen LogP contribution in [0.4, 0.5) is 0 Å². The zero-order valence-electron chi connectivity index (χ0n) is 13.5. The molecule has 0 amide bonds. The Morgan fingerprint density at radius 1 is 0.895 bits per heavy atom. The largest absolute Gasteiger partial charge is 0.330 e. The van der Waals surface area contributed by atoms with Gasteiger partial charge in [0, 0.05) is 0 Å². The molecular formula is C16H35N3. The summed E-state index contributed by atoms with van der Waals surface area (Å²) in [5, 5.41) is 0. The zero-order valence-corrected chi connectivity index (χ0v) is 13.5. The molecule has 0 saturated heterocycles. The molecule has 1 aliphatic rings. The molecule has 0 aromatic heterocycles. The molecular weight excluding hydrogens is 234 g/mol. The van der Waals surface area contributed by atoms with Gasteiger partial charge in [0.1, 0.15) is 0 Å². The highest BCUT2D eigenvalue weighted by Gasteiger charge is 2.35. The van der Waals surface area contributed by atoms with E-state index in [1.165, 1.54) is 71.4 Å². The quantitative estimate of drug-likeness (QED) is 0.626.